The van der Waals surface area contributed by atoms with Crippen molar-refractivity contribution >= 4 is 49.1 Å². The number of amides is 1. The van der Waals surface area contributed by atoms with Gasteiger partial charge in [0.2, 0.25) is 5.91 Å². The summed E-state index contributed by atoms with van der Waals surface area (Å²) in [7, 11) is 0. The second kappa shape index (κ2) is 7.56. The number of aryl methyl sites for hydroxylation is 4. The molecule has 140 valence electrons. The molecule has 1 N–H and O–H groups in total. The summed E-state index contributed by atoms with van der Waals surface area (Å²) in [4.78, 5) is 31.8. The molecule has 0 unspecified atom stereocenters. The molecule has 1 aliphatic rings. The van der Waals surface area contributed by atoms with Crippen LogP contribution in [0.4, 0.5) is 5.69 Å². The second-order valence-corrected chi connectivity index (χ2v) is 8.85. The number of thiophene rings is 1. The SMILES string of the molecule is Cc1ccc(NC(=O)CCn2cnc3sc4c(c3c2=O)CCCC4)c(Br)c1. The van der Waals surface area contributed by atoms with Crippen molar-refractivity contribution in [2.75, 3.05) is 5.32 Å². The fourth-order valence-corrected chi connectivity index (χ4v) is 5.31. The summed E-state index contributed by atoms with van der Waals surface area (Å²) < 4.78 is 2.41. The van der Waals surface area contributed by atoms with Crippen molar-refractivity contribution in [2.45, 2.75) is 45.6 Å². The molecule has 5 nitrogen and oxygen atoms in total. The minimum absolute atomic E-state index is 0.0243. The highest BCUT2D eigenvalue weighted by Gasteiger charge is 2.20. The largest absolute Gasteiger partial charge is 0.325 e. The summed E-state index contributed by atoms with van der Waals surface area (Å²) in [5.74, 6) is -0.126. The molecule has 0 aliphatic heterocycles. The standard InChI is InChI=1S/C20H20BrN3O2S/c1-12-6-7-15(14(21)10-12)23-17(25)8-9-24-11-22-19-18(20(24)26)13-4-2-3-5-16(13)27-19/h6-7,10-11H,2-5,8-9H2,1H3,(H,23,25). The number of hydrogen-bond acceptors (Lipinski definition) is 4. The maximum absolute atomic E-state index is 12.9. The van der Waals surface area contributed by atoms with E-state index in [-0.39, 0.29) is 17.9 Å². The van der Waals surface area contributed by atoms with Crippen LogP contribution in [0.5, 0.6) is 0 Å². The van der Waals surface area contributed by atoms with Crippen molar-refractivity contribution in [2.24, 2.45) is 0 Å². The summed E-state index contributed by atoms with van der Waals surface area (Å²) in [6, 6.07) is 5.77. The molecule has 0 bridgehead atoms. The first kappa shape index (κ1) is 18.4. The van der Waals surface area contributed by atoms with E-state index >= 15 is 0 Å². The van der Waals surface area contributed by atoms with Gasteiger partial charge in [-0.05, 0) is 71.8 Å². The van der Waals surface area contributed by atoms with E-state index in [1.807, 2.05) is 25.1 Å². The number of halogens is 1. The number of anilines is 1. The number of fused-ring (bicyclic) bond motifs is 3. The summed E-state index contributed by atoms with van der Waals surface area (Å²) in [5.41, 5.74) is 3.01. The fourth-order valence-electron chi connectivity index (χ4n) is 3.50. The zero-order valence-electron chi connectivity index (χ0n) is 15.0. The summed E-state index contributed by atoms with van der Waals surface area (Å²) in [6.07, 6.45) is 6.10. The highest BCUT2D eigenvalue weighted by Crippen LogP contribution is 2.33. The predicted octanol–water partition coefficient (Wildman–Crippen LogP) is 4.44. The average Bonchev–Trinajstić information content (AvgIpc) is 3.03. The van der Waals surface area contributed by atoms with Crippen LogP contribution in [0.2, 0.25) is 0 Å². The monoisotopic (exact) mass is 445 g/mol. The maximum Gasteiger partial charge on any atom is 0.262 e. The lowest BCUT2D eigenvalue weighted by molar-refractivity contribution is -0.116. The third-order valence-corrected chi connectivity index (χ3v) is 6.78. The van der Waals surface area contributed by atoms with E-state index in [0.717, 1.165) is 45.2 Å². The molecule has 0 atom stereocenters. The number of nitrogens with zero attached hydrogens (tertiary/aromatic N) is 2. The fraction of sp³-hybridized carbons (Fsp3) is 0.350. The van der Waals surface area contributed by atoms with Gasteiger partial charge in [-0.2, -0.15) is 0 Å². The Balaban J connectivity index is 1.51. The van der Waals surface area contributed by atoms with Gasteiger partial charge in [0.25, 0.3) is 5.56 Å². The molecule has 1 aromatic carbocycles. The van der Waals surface area contributed by atoms with Gasteiger partial charge in [-0.1, -0.05) is 6.07 Å². The van der Waals surface area contributed by atoms with Crippen LogP contribution < -0.4 is 10.9 Å². The van der Waals surface area contributed by atoms with Gasteiger partial charge in [0.15, 0.2) is 0 Å². The maximum atomic E-state index is 12.9. The Labute approximate surface area is 169 Å². The van der Waals surface area contributed by atoms with E-state index in [1.54, 1.807) is 22.2 Å². The Morgan fingerprint density at radius 3 is 2.96 bits per heavy atom. The van der Waals surface area contributed by atoms with Gasteiger partial charge < -0.3 is 5.32 Å². The molecule has 7 heteroatoms. The number of hydrogen-bond donors (Lipinski definition) is 1. The van der Waals surface area contributed by atoms with Gasteiger partial charge in [-0.15, -0.1) is 11.3 Å². The molecule has 0 radical (unpaired) electrons. The van der Waals surface area contributed by atoms with E-state index in [2.05, 4.69) is 26.2 Å². The molecule has 0 saturated heterocycles. The molecule has 0 fully saturated rings. The normalized spacial score (nSPS) is 13.6. The zero-order valence-corrected chi connectivity index (χ0v) is 17.5. The molecule has 4 rings (SSSR count). The van der Waals surface area contributed by atoms with Crippen molar-refractivity contribution < 1.29 is 4.79 Å². The number of aromatic nitrogens is 2. The molecule has 0 spiro atoms. The molecule has 27 heavy (non-hydrogen) atoms. The van der Waals surface area contributed by atoms with E-state index < -0.39 is 0 Å². The Kier molecular flexibility index (Phi) is 5.14. The highest BCUT2D eigenvalue weighted by molar-refractivity contribution is 9.10. The first-order chi connectivity index (χ1) is 13.0. The first-order valence-corrected chi connectivity index (χ1v) is 10.7. The number of nitrogens with one attached hydrogen (secondary N) is 1. The van der Waals surface area contributed by atoms with E-state index in [1.165, 1.54) is 16.9 Å². The van der Waals surface area contributed by atoms with Crippen LogP contribution in [0.1, 0.15) is 35.3 Å². The van der Waals surface area contributed by atoms with Gasteiger partial charge in [-0.25, -0.2) is 4.98 Å². The summed E-state index contributed by atoms with van der Waals surface area (Å²) in [6.45, 7) is 2.32. The van der Waals surface area contributed by atoms with Crippen LogP contribution in [0, 0.1) is 6.92 Å². The van der Waals surface area contributed by atoms with Gasteiger partial charge in [0.1, 0.15) is 4.83 Å². The molecule has 0 saturated carbocycles. The van der Waals surface area contributed by atoms with E-state index in [0.29, 0.717) is 6.54 Å². The number of rotatable bonds is 4. The zero-order chi connectivity index (χ0) is 19.0. The van der Waals surface area contributed by atoms with Crippen LogP contribution in [-0.4, -0.2) is 15.5 Å². The quantitative estimate of drug-likeness (QED) is 0.645. The molecule has 1 aliphatic carbocycles. The van der Waals surface area contributed by atoms with Crippen LogP contribution in [0.15, 0.2) is 33.8 Å². The lowest BCUT2D eigenvalue weighted by Gasteiger charge is -2.11. The van der Waals surface area contributed by atoms with Crippen LogP contribution >= 0.6 is 27.3 Å². The van der Waals surface area contributed by atoms with E-state index in [9.17, 15) is 9.59 Å². The summed E-state index contributed by atoms with van der Waals surface area (Å²) >= 11 is 5.10. The predicted molar refractivity (Wildman–Crippen MR) is 113 cm³/mol. The Morgan fingerprint density at radius 2 is 2.15 bits per heavy atom. The first-order valence-electron chi connectivity index (χ1n) is 9.08. The average molecular weight is 446 g/mol. The van der Waals surface area contributed by atoms with Crippen molar-refractivity contribution in [3.63, 3.8) is 0 Å². The second-order valence-electron chi connectivity index (χ2n) is 6.92. The minimum Gasteiger partial charge on any atom is -0.325 e. The smallest absolute Gasteiger partial charge is 0.262 e. The number of carbonyl (C=O) groups excluding carboxylic acids is 1. The Bertz CT molecular complexity index is 1090. The molecule has 2 aromatic heterocycles. The molecule has 3 aromatic rings. The molecule has 1 amide bonds. The Hall–Kier alpha value is -1.99. The van der Waals surface area contributed by atoms with Crippen LogP contribution in [0.3, 0.4) is 0 Å². The molecule has 2 heterocycles. The highest BCUT2D eigenvalue weighted by atomic mass is 79.9. The lowest BCUT2D eigenvalue weighted by atomic mass is 9.97. The van der Waals surface area contributed by atoms with Crippen molar-refractivity contribution in [3.05, 3.63) is 55.4 Å². The Morgan fingerprint density at radius 1 is 1.33 bits per heavy atom. The third-order valence-electron chi connectivity index (χ3n) is 4.92. The van der Waals surface area contributed by atoms with Crippen molar-refractivity contribution in [1.29, 1.82) is 0 Å². The van der Waals surface area contributed by atoms with Crippen molar-refractivity contribution in [3.8, 4) is 0 Å². The van der Waals surface area contributed by atoms with Gasteiger partial charge in [0, 0.05) is 22.3 Å². The topological polar surface area (TPSA) is 64.0 Å². The third kappa shape index (κ3) is 3.71. The molecular weight excluding hydrogens is 426 g/mol. The van der Waals surface area contributed by atoms with Gasteiger partial charge >= 0.3 is 0 Å². The molecular formula is C20H20BrN3O2S. The van der Waals surface area contributed by atoms with Gasteiger partial charge in [-0.3, -0.25) is 14.2 Å². The number of carbonyl (C=O) groups is 1. The minimum atomic E-state index is -0.126. The lowest BCUT2D eigenvalue weighted by Crippen LogP contribution is -2.24. The van der Waals surface area contributed by atoms with Gasteiger partial charge in [0.05, 0.1) is 17.4 Å². The van der Waals surface area contributed by atoms with Crippen LogP contribution in [0.25, 0.3) is 10.2 Å². The van der Waals surface area contributed by atoms with Crippen LogP contribution in [-0.2, 0) is 24.2 Å². The number of benzene rings is 1. The van der Waals surface area contributed by atoms with Crippen molar-refractivity contribution in [1.82, 2.24) is 9.55 Å². The van der Waals surface area contributed by atoms with E-state index in [4.69, 9.17) is 0 Å². The summed E-state index contributed by atoms with van der Waals surface area (Å²) in [5, 5.41) is 3.65.